The normalized spacial score (nSPS) is 15.5. The molecule has 1 amide bonds. The van der Waals surface area contributed by atoms with Crippen LogP contribution in [0.1, 0.15) is 47.7 Å². The van der Waals surface area contributed by atoms with Crippen molar-refractivity contribution in [2.24, 2.45) is 0 Å². The highest BCUT2D eigenvalue weighted by molar-refractivity contribution is 5.95. The molecule has 4 heterocycles. The summed E-state index contributed by atoms with van der Waals surface area (Å²) in [5.74, 6) is 2.01. The van der Waals surface area contributed by atoms with Gasteiger partial charge in [0, 0.05) is 75.3 Å². The zero-order valence-electron chi connectivity index (χ0n) is 21.1. The summed E-state index contributed by atoms with van der Waals surface area (Å²) < 4.78 is 6.25. The van der Waals surface area contributed by atoms with Gasteiger partial charge in [0.05, 0.1) is 0 Å². The highest BCUT2D eigenvalue weighted by Gasteiger charge is 2.25. The van der Waals surface area contributed by atoms with Gasteiger partial charge in [0.2, 0.25) is 11.8 Å². The zero-order valence-corrected chi connectivity index (χ0v) is 21.1. The predicted octanol–water partition coefficient (Wildman–Crippen LogP) is 2.68. The van der Waals surface area contributed by atoms with E-state index in [0.717, 1.165) is 73.9 Å². The van der Waals surface area contributed by atoms with Crippen LogP contribution in [0.3, 0.4) is 0 Å². The van der Waals surface area contributed by atoms with Gasteiger partial charge in [0.25, 0.3) is 5.91 Å². The second-order valence-corrected chi connectivity index (χ2v) is 9.34. The second-order valence-electron chi connectivity index (χ2n) is 9.34. The molecule has 2 aromatic heterocycles. The van der Waals surface area contributed by atoms with Crippen molar-refractivity contribution in [3.63, 3.8) is 0 Å². The summed E-state index contributed by atoms with van der Waals surface area (Å²) in [5.41, 5.74) is 3.92. The van der Waals surface area contributed by atoms with Gasteiger partial charge in [0.1, 0.15) is 18.2 Å². The number of nitrogens with one attached hydrogen (secondary N) is 1. The highest BCUT2D eigenvalue weighted by Crippen LogP contribution is 2.35. The quantitative estimate of drug-likeness (QED) is 0.425. The van der Waals surface area contributed by atoms with E-state index in [9.17, 15) is 4.79 Å². The summed E-state index contributed by atoms with van der Waals surface area (Å²) in [6, 6.07) is 7.63. The van der Waals surface area contributed by atoms with Crippen molar-refractivity contribution >= 4 is 23.4 Å². The van der Waals surface area contributed by atoms with Crippen molar-refractivity contribution in [2.75, 3.05) is 42.6 Å². The molecule has 194 valence electrons. The monoisotopic (exact) mass is 503 g/mol. The fourth-order valence-electron chi connectivity index (χ4n) is 4.74. The van der Waals surface area contributed by atoms with Gasteiger partial charge < -0.3 is 25.0 Å². The van der Waals surface area contributed by atoms with Gasteiger partial charge in [0.15, 0.2) is 0 Å². The lowest BCUT2D eigenvalue weighted by atomic mass is 10.1. The van der Waals surface area contributed by atoms with E-state index in [1.54, 1.807) is 6.33 Å². The van der Waals surface area contributed by atoms with Crippen LogP contribution in [0.5, 0.6) is 5.88 Å². The number of carbonyl (C=O) groups excluding carboxylic acids is 1. The Balaban J connectivity index is 1.19. The number of aryl methyl sites for hydroxylation is 1. The molecule has 1 aromatic carbocycles. The number of nitrogens with zero attached hydrogens (tertiary/aromatic N) is 6. The second kappa shape index (κ2) is 11.5. The maximum atomic E-state index is 12.4. The molecule has 2 N–H and O–H groups in total. The predicted molar refractivity (Wildman–Crippen MR) is 140 cm³/mol. The smallest absolute Gasteiger partial charge is 0.251 e. The van der Waals surface area contributed by atoms with Gasteiger partial charge in [-0.25, -0.2) is 19.9 Å². The number of aliphatic hydroxyl groups is 1. The van der Waals surface area contributed by atoms with Crippen LogP contribution < -0.4 is 19.9 Å². The Kier molecular flexibility index (Phi) is 7.74. The summed E-state index contributed by atoms with van der Waals surface area (Å²) in [6.45, 7) is 5.07. The van der Waals surface area contributed by atoms with E-state index in [1.807, 2.05) is 36.7 Å². The van der Waals surface area contributed by atoms with Gasteiger partial charge in [-0.05, 0) is 48.6 Å². The SMILES string of the molecule is CCc1cnc(N2CCC(Oc3cc(N4CCc5cc(C(=O)NCCCO)ccc54)ncn3)CC2)nc1. The third-order valence-electron chi connectivity index (χ3n) is 6.87. The fourth-order valence-corrected chi connectivity index (χ4v) is 4.74. The number of rotatable bonds is 9. The van der Waals surface area contributed by atoms with Gasteiger partial charge in [-0.1, -0.05) is 6.92 Å². The van der Waals surface area contributed by atoms with Gasteiger partial charge >= 0.3 is 0 Å². The van der Waals surface area contributed by atoms with E-state index in [2.05, 4.69) is 42.0 Å². The molecule has 1 saturated heterocycles. The van der Waals surface area contributed by atoms with Crippen molar-refractivity contribution < 1.29 is 14.6 Å². The molecule has 0 unspecified atom stereocenters. The third-order valence-corrected chi connectivity index (χ3v) is 6.87. The molecule has 3 aromatic rings. The van der Waals surface area contributed by atoms with E-state index in [1.165, 1.54) is 0 Å². The van der Waals surface area contributed by atoms with Crippen molar-refractivity contribution in [3.8, 4) is 5.88 Å². The number of piperidine rings is 1. The molecule has 5 rings (SSSR count). The van der Waals surface area contributed by atoms with Crippen LogP contribution in [-0.4, -0.2) is 69.8 Å². The minimum Gasteiger partial charge on any atom is -0.474 e. The Hall–Kier alpha value is -3.79. The van der Waals surface area contributed by atoms with E-state index < -0.39 is 0 Å². The standard InChI is InChI=1S/C27H33N7O3/c1-2-19-16-29-27(30-17-19)33-10-7-22(8-11-33)37-25-15-24(31-18-32-25)34-12-6-20-14-21(4-5-23(20)34)26(36)28-9-3-13-35/h4-5,14-18,22,35H,2-3,6-13H2,1H3,(H,28,36). The largest absolute Gasteiger partial charge is 0.474 e. The Labute approximate surface area is 216 Å². The molecule has 10 nitrogen and oxygen atoms in total. The lowest BCUT2D eigenvalue weighted by Gasteiger charge is -2.32. The Morgan fingerprint density at radius 1 is 1.11 bits per heavy atom. The molecule has 0 saturated carbocycles. The number of fused-ring (bicyclic) bond motifs is 1. The van der Waals surface area contributed by atoms with Crippen molar-refractivity contribution in [2.45, 2.75) is 45.1 Å². The Morgan fingerprint density at radius 2 is 1.92 bits per heavy atom. The lowest BCUT2D eigenvalue weighted by molar-refractivity contribution is 0.0951. The average molecular weight is 504 g/mol. The molecule has 0 aliphatic carbocycles. The number of anilines is 3. The first-order valence-corrected chi connectivity index (χ1v) is 13.0. The topological polar surface area (TPSA) is 117 Å². The number of amides is 1. The zero-order chi connectivity index (χ0) is 25.6. The van der Waals surface area contributed by atoms with Crippen LogP contribution in [0.4, 0.5) is 17.5 Å². The van der Waals surface area contributed by atoms with Gasteiger partial charge in [-0.3, -0.25) is 4.79 Å². The highest BCUT2D eigenvalue weighted by atomic mass is 16.5. The summed E-state index contributed by atoms with van der Waals surface area (Å²) in [4.78, 5) is 34.6. The number of carbonyl (C=O) groups is 1. The third kappa shape index (κ3) is 5.80. The van der Waals surface area contributed by atoms with Crippen LogP contribution in [0.15, 0.2) is 43.0 Å². The average Bonchev–Trinajstić information content (AvgIpc) is 3.37. The maximum absolute atomic E-state index is 12.4. The molecular weight excluding hydrogens is 470 g/mol. The van der Waals surface area contributed by atoms with E-state index >= 15 is 0 Å². The molecule has 0 atom stereocenters. The van der Waals surface area contributed by atoms with Crippen LogP contribution in [-0.2, 0) is 12.8 Å². The lowest BCUT2D eigenvalue weighted by Crippen LogP contribution is -2.39. The number of aromatic nitrogens is 4. The number of benzene rings is 1. The fraction of sp³-hybridized carbons (Fsp3) is 0.444. The Bertz CT molecular complexity index is 1210. The minimum absolute atomic E-state index is 0.0612. The van der Waals surface area contributed by atoms with E-state index in [4.69, 9.17) is 9.84 Å². The first kappa shape index (κ1) is 24.9. The first-order valence-electron chi connectivity index (χ1n) is 13.0. The summed E-state index contributed by atoms with van der Waals surface area (Å²) in [5, 5.41) is 11.7. The number of ether oxygens (including phenoxy) is 1. The Morgan fingerprint density at radius 3 is 2.68 bits per heavy atom. The summed E-state index contributed by atoms with van der Waals surface area (Å²) >= 11 is 0. The van der Waals surface area contributed by atoms with Crippen molar-refractivity contribution in [1.82, 2.24) is 25.3 Å². The van der Waals surface area contributed by atoms with Crippen molar-refractivity contribution in [1.29, 1.82) is 0 Å². The summed E-state index contributed by atoms with van der Waals surface area (Å²) in [6.07, 6.45) is 9.47. The first-order chi connectivity index (χ1) is 18.1. The molecule has 0 bridgehead atoms. The van der Waals surface area contributed by atoms with Crippen molar-refractivity contribution in [3.05, 3.63) is 59.7 Å². The van der Waals surface area contributed by atoms with Gasteiger partial charge in [-0.2, -0.15) is 0 Å². The molecule has 0 spiro atoms. The number of aliphatic hydroxyl groups excluding tert-OH is 1. The minimum atomic E-state index is -0.122. The maximum Gasteiger partial charge on any atom is 0.251 e. The van der Waals surface area contributed by atoms with Gasteiger partial charge in [-0.15, -0.1) is 0 Å². The van der Waals surface area contributed by atoms with E-state index in [0.29, 0.717) is 24.4 Å². The molecule has 2 aliphatic heterocycles. The molecule has 10 heteroatoms. The van der Waals surface area contributed by atoms with Crippen LogP contribution in [0.25, 0.3) is 0 Å². The molecule has 0 radical (unpaired) electrons. The number of hydrogen-bond donors (Lipinski definition) is 2. The molecule has 37 heavy (non-hydrogen) atoms. The molecule has 1 fully saturated rings. The van der Waals surface area contributed by atoms with Crippen LogP contribution in [0, 0.1) is 0 Å². The number of hydrogen-bond acceptors (Lipinski definition) is 9. The van der Waals surface area contributed by atoms with Crippen LogP contribution >= 0.6 is 0 Å². The molecule has 2 aliphatic rings. The molecular formula is C27H33N7O3. The summed E-state index contributed by atoms with van der Waals surface area (Å²) in [7, 11) is 0. The van der Waals surface area contributed by atoms with Crippen LogP contribution in [0.2, 0.25) is 0 Å². The van der Waals surface area contributed by atoms with E-state index in [-0.39, 0.29) is 18.6 Å².